The van der Waals surface area contributed by atoms with Gasteiger partial charge in [-0.2, -0.15) is 0 Å². The maximum atomic E-state index is 12.0. The molecule has 0 bridgehead atoms. The highest BCUT2D eigenvalue weighted by Gasteiger charge is 2.19. The number of nitrogens with two attached hydrogens (primary N) is 1. The van der Waals surface area contributed by atoms with E-state index in [2.05, 4.69) is 15.0 Å². The first-order valence-electron chi connectivity index (χ1n) is 5.90. The number of methoxy groups -OCH3 is 1. The molecule has 0 fully saturated rings. The summed E-state index contributed by atoms with van der Waals surface area (Å²) in [4.78, 5) is 15.3. The van der Waals surface area contributed by atoms with Gasteiger partial charge in [-0.25, -0.2) is 13.1 Å². The Morgan fingerprint density at radius 1 is 1.50 bits per heavy atom. The fourth-order valence-corrected chi connectivity index (χ4v) is 2.60. The summed E-state index contributed by atoms with van der Waals surface area (Å²) in [7, 11) is -2.31. The van der Waals surface area contributed by atoms with Crippen LogP contribution in [0.3, 0.4) is 0 Å². The average Bonchev–Trinajstić information content (AvgIpc) is 2.45. The number of hydrogen-bond donors (Lipinski definition) is 3. The van der Waals surface area contributed by atoms with Crippen molar-refractivity contribution in [1.29, 1.82) is 0 Å². The largest absolute Gasteiger partial charge is 0.383 e. The van der Waals surface area contributed by atoms with Gasteiger partial charge in [-0.15, -0.1) is 0 Å². The molecule has 0 radical (unpaired) electrons. The fourth-order valence-electron chi connectivity index (χ4n) is 1.41. The summed E-state index contributed by atoms with van der Waals surface area (Å²) in [5.74, 6) is -0.441. The minimum Gasteiger partial charge on any atom is -0.383 e. The monoisotopic (exact) mass is 302 g/mol. The molecule has 112 valence electrons. The Balaban J connectivity index is 2.64. The second-order valence-electron chi connectivity index (χ2n) is 3.82. The quantitative estimate of drug-likeness (QED) is 0.506. The molecule has 1 rings (SSSR count). The van der Waals surface area contributed by atoms with Crippen molar-refractivity contribution in [3.05, 3.63) is 24.0 Å². The normalized spacial score (nSPS) is 11.3. The summed E-state index contributed by atoms with van der Waals surface area (Å²) in [6.45, 7) is 0.318. The number of aromatic nitrogens is 1. The van der Waals surface area contributed by atoms with E-state index in [1.807, 2.05) is 0 Å². The third-order valence-electron chi connectivity index (χ3n) is 2.38. The highest BCUT2D eigenvalue weighted by Crippen LogP contribution is 2.11. The lowest BCUT2D eigenvalue weighted by atomic mass is 10.3. The van der Waals surface area contributed by atoms with Gasteiger partial charge in [0, 0.05) is 26.4 Å². The van der Waals surface area contributed by atoms with E-state index in [1.165, 1.54) is 25.4 Å². The summed E-state index contributed by atoms with van der Waals surface area (Å²) in [5, 5.41) is 2.51. The first kappa shape index (κ1) is 16.5. The van der Waals surface area contributed by atoms with E-state index in [1.54, 1.807) is 0 Å². The van der Waals surface area contributed by atoms with Crippen LogP contribution in [0.25, 0.3) is 0 Å². The Kier molecular flexibility index (Phi) is 6.52. The van der Waals surface area contributed by atoms with Gasteiger partial charge in [0.1, 0.15) is 4.90 Å². The van der Waals surface area contributed by atoms with Crippen molar-refractivity contribution in [1.82, 2.24) is 15.0 Å². The zero-order valence-electron chi connectivity index (χ0n) is 11.1. The molecule has 4 N–H and O–H groups in total. The van der Waals surface area contributed by atoms with Crippen LogP contribution in [0.15, 0.2) is 23.2 Å². The summed E-state index contributed by atoms with van der Waals surface area (Å²) in [6, 6.07) is 2.88. The number of nitrogens with zero attached hydrogens (tertiary/aromatic N) is 1. The van der Waals surface area contributed by atoms with Gasteiger partial charge in [-0.1, -0.05) is 0 Å². The molecule has 0 saturated heterocycles. The molecule has 8 nitrogen and oxygen atoms in total. The molecule has 0 saturated carbocycles. The molecular weight excluding hydrogens is 284 g/mol. The SMILES string of the molecule is COCCNC(=O)CNS(=O)(=O)c1cccnc1CN. The predicted molar refractivity (Wildman–Crippen MR) is 72.2 cm³/mol. The van der Waals surface area contributed by atoms with E-state index in [4.69, 9.17) is 10.5 Å². The molecule has 1 aromatic rings. The molecule has 0 unspecified atom stereocenters. The van der Waals surface area contributed by atoms with Crippen molar-refractivity contribution < 1.29 is 17.9 Å². The second-order valence-corrected chi connectivity index (χ2v) is 5.56. The van der Waals surface area contributed by atoms with E-state index in [0.29, 0.717) is 13.2 Å². The molecule has 9 heteroatoms. The molecule has 0 aliphatic heterocycles. The molecule has 1 aromatic heterocycles. The topological polar surface area (TPSA) is 123 Å². The van der Waals surface area contributed by atoms with Crippen LogP contribution in [-0.4, -0.2) is 46.1 Å². The van der Waals surface area contributed by atoms with Crippen LogP contribution in [0.4, 0.5) is 0 Å². The van der Waals surface area contributed by atoms with E-state index in [-0.39, 0.29) is 23.7 Å². The Morgan fingerprint density at radius 2 is 2.25 bits per heavy atom. The van der Waals surface area contributed by atoms with Crippen LogP contribution in [-0.2, 0) is 26.1 Å². The molecule has 0 spiro atoms. The van der Waals surface area contributed by atoms with Gasteiger partial charge in [-0.3, -0.25) is 9.78 Å². The van der Waals surface area contributed by atoms with E-state index < -0.39 is 15.9 Å². The summed E-state index contributed by atoms with van der Waals surface area (Å²) >= 11 is 0. The van der Waals surface area contributed by atoms with Crippen molar-refractivity contribution in [2.75, 3.05) is 26.8 Å². The van der Waals surface area contributed by atoms with Gasteiger partial charge in [0.25, 0.3) is 0 Å². The van der Waals surface area contributed by atoms with Crippen LogP contribution in [0.5, 0.6) is 0 Å². The summed E-state index contributed by atoms with van der Waals surface area (Å²) in [5.41, 5.74) is 5.69. The number of rotatable bonds is 8. The Hall–Kier alpha value is -1.55. The van der Waals surface area contributed by atoms with E-state index in [0.717, 1.165) is 0 Å². The molecule has 0 atom stereocenters. The highest BCUT2D eigenvalue weighted by atomic mass is 32.2. The number of hydrogen-bond acceptors (Lipinski definition) is 6. The van der Waals surface area contributed by atoms with Crippen LogP contribution in [0.1, 0.15) is 5.69 Å². The molecule has 0 aliphatic rings. The zero-order chi connectivity index (χ0) is 15.0. The summed E-state index contributed by atoms with van der Waals surface area (Å²) < 4.78 is 31.0. The highest BCUT2D eigenvalue weighted by molar-refractivity contribution is 7.89. The molecule has 1 amide bonds. The fraction of sp³-hybridized carbons (Fsp3) is 0.455. The molecule has 0 aliphatic carbocycles. The number of pyridine rings is 1. The van der Waals surface area contributed by atoms with E-state index in [9.17, 15) is 13.2 Å². The smallest absolute Gasteiger partial charge is 0.242 e. The Bertz CT molecular complexity index is 547. The lowest BCUT2D eigenvalue weighted by Gasteiger charge is -2.09. The van der Waals surface area contributed by atoms with Gasteiger partial charge in [-0.05, 0) is 12.1 Å². The number of amides is 1. The standard InChI is InChI=1S/C11H18N4O4S/c1-19-6-5-14-11(16)8-15-20(17,18)10-3-2-4-13-9(10)7-12/h2-4,15H,5-8,12H2,1H3,(H,14,16). The van der Waals surface area contributed by atoms with Crippen LogP contribution >= 0.6 is 0 Å². The first-order chi connectivity index (χ1) is 9.51. The molecule has 1 heterocycles. The maximum absolute atomic E-state index is 12.0. The third kappa shape index (κ3) is 4.85. The van der Waals surface area contributed by atoms with Crippen molar-refractivity contribution >= 4 is 15.9 Å². The molecule has 20 heavy (non-hydrogen) atoms. The van der Waals surface area contributed by atoms with Gasteiger partial charge in [0.15, 0.2) is 0 Å². The van der Waals surface area contributed by atoms with Gasteiger partial charge in [0.05, 0.1) is 18.8 Å². The minimum atomic E-state index is -3.81. The van der Waals surface area contributed by atoms with Gasteiger partial charge in [0.2, 0.25) is 15.9 Å². The second kappa shape index (κ2) is 7.90. The number of sulfonamides is 1. The number of carbonyl (C=O) groups is 1. The molecular formula is C11H18N4O4S. The molecule has 0 aromatic carbocycles. The third-order valence-corrected chi connectivity index (χ3v) is 3.86. The van der Waals surface area contributed by atoms with E-state index >= 15 is 0 Å². The van der Waals surface area contributed by atoms with Crippen molar-refractivity contribution in [3.8, 4) is 0 Å². The minimum absolute atomic E-state index is 0.00286. The van der Waals surface area contributed by atoms with Gasteiger partial charge < -0.3 is 15.8 Å². The lowest BCUT2D eigenvalue weighted by Crippen LogP contribution is -2.38. The summed E-state index contributed by atoms with van der Waals surface area (Å²) in [6.07, 6.45) is 1.46. The average molecular weight is 302 g/mol. The number of nitrogens with one attached hydrogen (secondary N) is 2. The first-order valence-corrected chi connectivity index (χ1v) is 7.39. The number of carbonyl (C=O) groups excluding carboxylic acids is 1. The van der Waals surface area contributed by atoms with Crippen LogP contribution in [0.2, 0.25) is 0 Å². The van der Waals surface area contributed by atoms with Crippen molar-refractivity contribution in [2.24, 2.45) is 5.73 Å². The van der Waals surface area contributed by atoms with Crippen molar-refractivity contribution in [2.45, 2.75) is 11.4 Å². The Labute approximate surface area is 117 Å². The maximum Gasteiger partial charge on any atom is 0.242 e. The van der Waals surface area contributed by atoms with Crippen LogP contribution in [0, 0.1) is 0 Å². The van der Waals surface area contributed by atoms with Gasteiger partial charge >= 0.3 is 0 Å². The predicted octanol–water partition coefficient (Wildman–Crippen LogP) is -1.42. The Morgan fingerprint density at radius 3 is 2.90 bits per heavy atom. The van der Waals surface area contributed by atoms with Crippen LogP contribution < -0.4 is 15.8 Å². The van der Waals surface area contributed by atoms with Crippen molar-refractivity contribution in [3.63, 3.8) is 0 Å². The lowest BCUT2D eigenvalue weighted by molar-refractivity contribution is -0.120. The zero-order valence-corrected chi connectivity index (χ0v) is 11.9. The number of ether oxygens (including phenoxy) is 1.